The van der Waals surface area contributed by atoms with Crippen molar-refractivity contribution in [2.45, 2.75) is 38.8 Å². The van der Waals surface area contributed by atoms with E-state index in [9.17, 15) is 0 Å². The minimum atomic E-state index is 0.0508. The molecule has 1 unspecified atom stereocenters. The van der Waals surface area contributed by atoms with Crippen LogP contribution in [0.2, 0.25) is 0 Å². The average molecular weight is 223 g/mol. The molecule has 4 heteroatoms. The lowest BCUT2D eigenvalue weighted by atomic mass is 10.2. The Balaban J connectivity index is 1.65. The van der Waals surface area contributed by atoms with Gasteiger partial charge in [0.15, 0.2) is 0 Å². The Morgan fingerprint density at radius 1 is 1.62 bits per heavy atom. The smallest absolute Gasteiger partial charge is 0.0948 e. The van der Waals surface area contributed by atoms with Crippen molar-refractivity contribution in [3.63, 3.8) is 0 Å². The molecule has 2 N–H and O–H groups in total. The van der Waals surface area contributed by atoms with Crippen LogP contribution in [0.25, 0.3) is 0 Å². The summed E-state index contributed by atoms with van der Waals surface area (Å²) in [5.41, 5.74) is 6.94. The van der Waals surface area contributed by atoms with Gasteiger partial charge in [-0.25, -0.2) is 4.98 Å². The van der Waals surface area contributed by atoms with Crippen LogP contribution in [0.1, 0.15) is 37.9 Å². The molecule has 16 heavy (non-hydrogen) atoms. The number of aromatic nitrogens is 2. The van der Waals surface area contributed by atoms with Crippen LogP contribution < -0.4 is 5.73 Å². The van der Waals surface area contributed by atoms with Crippen LogP contribution in [0.5, 0.6) is 0 Å². The second-order valence-corrected chi connectivity index (χ2v) is 4.67. The van der Waals surface area contributed by atoms with Crippen LogP contribution in [-0.2, 0) is 11.3 Å². The first kappa shape index (κ1) is 11.6. The van der Waals surface area contributed by atoms with Gasteiger partial charge in [-0.15, -0.1) is 0 Å². The van der Waals surface area contributed by atoms with E-state index in [1.807, 2.05) is 19.4 Å². The summed E-state index contributed by atoms with van der Waals surface area (Å²) in [4.78, 5) is 4.12. The number of imidazole rings is 1. The minimum Gasteiger partial charge on any atom is -0.381 e. The molecule has 0 amide bonds. The van der Waals surface area contributed by atoms with Gasteiger partial charge in [0, 0.05) is 32.0 Å². The number of ether oxygens (including phenoxy) is 1. The van der Waals surface area contributed by atoms with Gasteiger partial charge in [-0.1, -0.05) is 0 Å². The number of rotatable bonds is 7. The zero-order valence-corrected chi connectivity index (χ0v) is 9.93. The van der Waals surface area contributed by atoms with Crippen molar-refractivity contribution >= 4 is 0 Å². The van der Waals surface area contributed by atoms with Gasteiger partial charge >= 0.3 is 0 Å². The molecule has 0 aliphatic heterocycles. The van der Waals surface area contributed by atoms with Crippen molar-refractivity contribution in [1.29, 1.82) is 0 Å². The summed E-state index contributed by atoms with van der Waals surface area (Å²) in [6.45, 7) is 4.72. The third-order valence-corrected chi connectivity index (χ3v) is 2.95. The highest BCUT2D eigenvalue weighted by Gasteiger charge is 2.20. The number of hydrogen-bond acceptors (Lipinski definition) is 3. The Morgan fingerprint density at radius 2 is 2.44 bits per heavy atom. The third kappa shape index (κ3) is 3.32. The van der Waals surface area contributed by atoms with E-state index in [1.54, 1.807) is 0 Å². The van der Waals surface area contributed by atoms with Crippen LogP contribution >= 0.6 is 0 Å². The van der Waals surface area contributed by atoms with Crippen molar-refractivity contribution in [3.8, 4) is 0 Å². The molecule has 0 spiro atoms. The Labute approximate surface area is 96.8 Å². The van der Waals surface area contributed by atoms with Crippen molar-refractivity contribution in [2.24, 2.45) is 11.7 Å². The number of hydrogen-bond donors (Lipinski definition) is 1. The molecule has 0 saturated heterocycles. The number of nitrogens with zero attached hydrogens (tertiary/aromatic N) is 2. The van der Waals surface area contributed by atoms with E-state index in [0.717, 1.165) is 37.8 Å². The third-order valence-electron chi connectivity index (χ3n) is 2.95. The highest BCUT2D eigenvalue weighted by molar-refractivity contribution is 5.02. The molecule has 2 rings (SSSR count). The fraction of sp³-hybridized carbons (Fsp3) is 0.750. The van der Waals surface area contributed by atoms with E-state index in [0.29, 0.717) is 0 Å². The van der Waals surface area contributed by atoms with Crippen LogP contribution in [0, 0.1) is 5.92 Å². The Morgan fingerprint density at radius 3 is 3.12 bits per heavy atom. The Bertz CT molecular complexity index is 318. The number of nitrogens with two attached hydrogens (primary N) is 1. The zero-order chi connectivity index (χ0) is 11.4. The molecule has 0 aromatic carbocycles. The molecular formula is C12H21N3O. The fourth-order valence-corrected chi connectivity index (χ4v) is 1.77. The molecule has 1 aromatic heterocycles. The molecule has 1 heterocycles. The maximum atomic E-state index is 5.85. The summed E-state index contributed by atoms with van der Waals surface area (Å²) in [7, 11) is 0. The predicted octanol–water partition coefficient (Wildman–Crippen LogP) is 1.72. The molecule has 0 radical (unpaired) electrons. The molecule has 0 bridgehead atoms. The van der Waals surface area contributed by atoms with Crippen LogP contribution in [0.4, 0.5) is 0 Å². The normalized spacial score (nSPS) is 17.6. The lowest BCUT2D eigenvalue weighted by Gasteiger charge is -2.10. The molecule has 1 atom stereocenters. The highest BCUT2D eigenvalue weighted by atomic mass is 16.5. The molecule has 1 fully saturated rings. The predicted molar refractivity (Wildman–Crippen MR) is 63.0 cm³/mol. The van der Waals surface area contributed by atoms with E-state index in [4.69, 9.17) is 10.5 Å². The standard InChI is InChI=1S/C12H21N3O/c1-10(13)12-7-14-9-15(12)5-2-6-16-8-11-3-4-11/h7,9-11H,2-6,8,13H2,1H3. The summed E-state index contributed by atoms with van der Waals surface area (Å²) in [5.74, 6) is 0.855. The maximum absolute atomic E-state index is 5.85. The van der Waals surface area contributed by atoms with Gasteiger partial charge in [0.1, 0.15) is 0 Å². The number of aryl methyl sites for hydroxylation is 1. The van der Waals surface area contributed by atoms with Gasteiger partial charge in [-0.3, -0.25) is 0 Å². The second-order valence-electron chi connectivity index (χ2n) is 4.67. The van der Waals surface area contributed by atoms with E-state index in [2.05, 4.69) is 9.55 Å². The lowest BCUT2D eigenvalue weighted by molar-refractivity contribution is 0.119. The van der Waals surface area contributed by atoms with Gasteiger partial charge in [0.25, 0.3) is 0 Å². The SMILES string of the molecule is CC(N)c1cncn1CCCOCC1CC1. The average Bonchev–Trinajstić information content (AvgIpc) is 2.94. The maximum Gasteiger partial charge on any atom is 0.0948 e. The summed E-state index contributed by atoms with van der Waals surface area (Å²) in [5, 5.41) is 0. The van der Waals surface area contributed by atoms with E-state index in [-0.39, 0.29) is 6.04 Å². The van der Waals surface area contributed by atoms with Crippen LogP contribution in [-0.4, -0.2) is 22.8 Å². The molecular weight excluding hydrogens is 202 g/mol. The second kappa shape index (κ2) is 5.46. The molecule has 90 valence electrons. The van der Waals surface area contributed by atoms with E-state index in [1.165, 1.54) is 12.8 Å². The topological polar surface area (TPSA) is 53.1 Å². The summed E-state index contributed by atoms with van der Waals surface area (Å²) in [6, 6.07) is 0.0508. The molecule has 1 saturated carbocycles. The van der Waals surface area contributed by atoms with Crippen LogP contribution in [0.15, 0.2) is 12.5 Å². The van der Waals surface area contributed by atoms with E-state index < -0.39 is 0 Å². The van der Waals surface area contributed by atoms with E-state index >= 15 is 0 Å². The Hall–Kier alpha value is -0.870. The quantitative estimate of drug-likeness (QED) is 0.716. The first-order valence-electron chi connectivity index (χ1n) is 6.10. The Kier molecular flexibility index (Phi) is 3.96. The molecule has 1 aromatic rings. The zero-order valence-electron chi connectivity index (χ0n) is 9.93. The van der Waals surface area contributed by atoms with Crippen LogP contribution in [0.3, 0.4) is 0 Å². The van der Waals surface area contributed by atoms with Crippen molar-refractivity contribution < 1.29 is 4.74 Å². The fourth-order valence-electron chi connectivity index (χ4n) is 1.77. The largest absolute Gasteiger partial charge is 0.381 e. The van der Waals surface area contributed by atoms with Gasteiger partial charge in [0.2, 0.25) is 0 Å². The lowest BCUT2D eigenvalue weighted by Crippen LogP contribution is -2.13. The first-order valence-corrected chi connectivity index (χ1v) is 6.10. The summed E-state index contributed by atoms with van der Waals surface area (Å²) < 4.78 is 7.71. The first-order chi connectivity index (χ1) is 7.77. The molecule has 4 nitrogen and oxygen atoms in total. The monoisotopic (exact) mass is 223 g/mol. The van der Waals surface area contributed by atoms with Crippen molar-refractivity contribution in [2.75, 3.05) is 13.2 Å². The van der Waals surface area contributed by atoms with Gasteiger partial charge in [-0.2, -0.15) is 0 Å². The van der Waals surface area contributed by atoms with Gasteiger partial charge in [-0.05, 0) is 32.1 Å². The van der Waals surface area contributed by atoms with Gasteiger partial charge in [0.05, 0.1) is 12.0 Å². The molecule has 1 aliphatic carbocycles. The highest BCUT2D eigenvalue weighted by Crippen LogP contribution is 2.28. The van der Waals surface area contributed by atoms with Crippen molar-refractivity contribution in [3.05, 3.63) is 18.2 Å². The molecule has 1 aliphatic rings. The summed E-state index contributed by atoms with van der Waals surface area (Å²) >= 11 is 0. The summed E-state index contributed by atoms with van der Waals surface area (Å²) in [6.07, 6.45) is 7.44. The minimum absolute atomic E-state index is 0.0508. The van der Waals surface area contributed by atoms with Crippen molar-refractivity contribution in [1.82, 2.24) is 9.55 Å². The van der Waals surface area contributed by atoms with Gasteiger partial charge < -0.3 is 15.0 Å².